The van der Waals surface area contributed by atoms with E-state index in [4.69, 9.17) is 4.74 Å². The maximum atomic E-state index is 5.72. The quantitative estimate of drug-likeness (QED) is 0.804. The Morgan fingerprint density at radius 1 is 1.53 bits per heavy atom. The molecule has 0 saturated carbocycles. The first-order valence-corrected chi connectivity index (χ1v) is 6.39. The van der Waals surface area contributed by atoms with Gasteiger partial charge >= 0.3 is 0 Å². The summed E-state index contributed by atoms with van der Waals surface area (Å²) in [7, 11) is 0. The summed E-state index contributed by atoms with van der Waals surface area (Å²) in [5.74, 6) is 0. The van der Waals surface area contributed by atoms with Crippen LogP contribution in [0.15, 0.2) is 12.4 Å². The second-order valence-corrected chi connectivity index (χ2v) is 5.52. The number of aromatic nitrogens is 2. The zero-order valence-electron chi connectivity index (χ0n) is 11.3. The summed E-state index contributed by atoms with van der Waals surface area (Å²) in [6, 6.07) is 0. The fourth-order valence-electron chi connectivity index (χ4n) is 2.21. The van der Waals surface area contributed by atoms with Crippen molar-refractivity contribution in [2.45, 2.75) is 52.4 Å². The molecule has 0 aliphatic carbocycles. The number of morpholine rings is 1. The Balaban J connectivity index is 2.05. The summed E-state index contributed by atoms with van der Waals surface area (Å²) < 4.78 is 7.70. The molecule has 0 unspecified atom stereocenters. The van der Waals surface area contributed by atoms with Gasteiger partial charge < -0.3 is 4.74 Å². The van der Waals surface area contributed by atoms with Crippen molar-refractivity contribution in [1.29, 1.82) is 0 Å². The lowest BCUT2D eigenvalue weighted by Gasteiger charge is -2.44. The highest BCUT2D eigenvalue weighted by molar-refractivity contribution is 5.05. The van der Waals surface area contributed by atoms with Crippen molar-refractivity contribution in [2.24, 2.45) is 0 Å². The Morgan fingerprint density at radius 2 is 2.29 bits per heavy atom. The maximum Gasteiger partial charge on any atom is 0.0675 e. The Bertz CT molecular complexity index is 372. The predicted molar refractivity (Wildman–Crippen MR) is 67.8 cm³/mol. The van der Waals surface area contributed by atoms with E-state index < -0.39 is 0 Å². The van der Waals surface area contributed by atoms with E-state index in [1.165, 1.54) is 5.56 Å². The van der Waals surface area contributed by atoms with Gasteiger partial charge in [0.05, 0.1) is 18.9 Å². The van der Waals surface area contributed by atoms with Crippen LogP contribution in [0.4, 0.5) is 0 Å². The molecule has 96 valence electrons. The van der Waals surface area contributed by atoms with Crippen molar-refractivity contribution in [2.75, 3.05) is 13.2 Å². The van der Waals surface area contributed by atoms with Crippen LogP contribution in [0.25, 0.3) is 0 Å². The van der Waals surface area contributed by atoms with Gasteiger partial charge in [-0.3, -0.25) is 9.58 Å². The topological polar surface area (TPSA) is 30.3 Å². The minimum atomic E-state index is 0.112. The van der Waals surface area contributed by atoms with Crippen molar-refractivity contribution in [1.82, 2.24) is 14.7 Å². The molecule has 0 bridgehead atoms. The molecule has 17 heavy (non-hydrogen) atoms. The lowest BCUT2D eigenvalue weighted by Crippen LogP contribution is -2.54. The smallest absolute Gasteiger partial charge is 0.0675 e. The summed E-state index contributed by atoms with van der Waals surface area (Å²) in [5, 5.41) is 4.33. The van der Waals surface area contributed by atoms with Crippen LogP contribution >= 0.6 is 0 Å². The molecule has 1 atom stereocenters. The zero-order valence-corrected chi connectivity index (χ0v) is 11.3. The maximum absolute atomic E-state index is 5.72. The van der Waals surface area contributed by atoms with E-state index in [-0.39, 0.29) is 5.54 Å². The minimum Gasteiger partial charge on any atom is -0.375 e. The molecule has 4 nitrogen and oxygen atoms in total. The van der Waals surface area contributed by atoms with Crippen molar-refractivity contribution in [3.8, 4) is 0 Å². The Kier molecular flexibility index (Phi) is 3.54. The van der Waals surface area contributed by atoms with E-state index in [1.807, 2.05) is 10.9 Å². The molecule has 0 N–H and O–H groups in total. The SMILES string of the molecule is CCn1cc(CN2C[C@@H](C)OCC2(C)C)cn1. The third-order valence-electron chi connectivity index (χ3n) is 3.44. The molecule has 0 aromatic carbocycles. The van der Waals surface area contributed by atoms with Crippen LogP contribution in [-0.4, -0.2) is 39.5 Å². The fourth-order valence-corrected chi connectivity index (χ4v) is 2.21. The normalized spacial score (nSPS) is 25.1. The van der Waals surface area contributed by atoms with Gasteiger partial charge in [-0.15, -0.1) is 0 Å². The molecule has 1 saturated heterocycles. The van der Waals surface area contributed by atoms with Gasteiger partial charge in [-0.1, -0.05) is 0 Å². The summed E-state index contributed by atoms with van der Waals surface area (Å²) in [5.41, 5.74) is 1.40. The molecule has 1 aromatic rings. The van der Waals surface area contributed by atoms with E-state index in [0.29, 0.717) is 6.10 Å². The van der Waals surface area contributed by atoms with Gasteiger partial charge in [0, 0.05) is 36.9 Å². The van der Waals surface area contributed by atoms with Gasteiger partial charge in [0.2, 0.25) is 0 Å². The van der Waals surface area contributed by atoms with Crippen molar-refractivity contribution < 1.29 is 4.74 Å². The summed E-state index contributed by atoms with van der Waals surface area (Å²) >= 11 is 0. The van der Waals surface area contributed by atoms with E-state index in [2.05, 4.69) is 43.9 Å². The Hall–Kier alpha value is -0.870. The first-order chi connectivity index (χ1) is 8.01. The highest BCUT2D eigenvalue weighted by Crippen LogP contribution is 2.23. The Labute approximate surface area is 104 Å². The first-order valence-electron chi connectivity index (χ1n) is 6.39. The lowest BCUT2D eigenvalue weighted by molar-refractivity contribution is -0.0949. The van der Waals surface area contributed by atoms with E-state index in [1.54, 1.807) is 0 Å². The van der Waals surface area contributed by atoms with Crippen LogP contribution in [0.2, 0.25) is 0 Å². The summed E-state index contributed by atoms with van der Waals surface area (Å²) in [4.78, 5) is 2.48. The first kappa shape index (κ1) is 12.6. The number of ether oxygens (including phenoxy) is 1. The number of hydrogen-bond acceptors (Lipinski definition) is 3. The third kappa shape index (κ3) is 2.87. The number of rotatable bonds is 3. The van der Waals surface area contributed by atoms with Gasteiger partial charge in [-0.25, -0.2) is 0 Å². The van der Waals surface area contributed by atoms with E-state index >= 15 is 0 Å². The molecule has 0 spiro atoms. The molecule has 1 aromatic heterocycles. The molecular formula is C13H23N3O. The van der Waals surface area contributed by atoms with E-state index in [0.717, 1.165) is 26.2 Å². The summed E-state index contributed by atoms with van der Waals surface area (Å²) in [6.45, 7) is 12.4. The highest BCUT2D eigenvalue weighted by Gasteiger charge is 2.33. The van der Waals surface area contributed by atoms with Crippen LogP contribution in [0.3, 0.4) is 0 Å². The molecule has 1 aliphatic rings. The van der Waals surface area contributed by atoms with Crippen LogP contribution in [-0.2, 0) is 17.8 Å². The summed E-state index contributed by atoms with van der Waals surface area (Å²) in [6.07, 6.45) is 4.43. The number of hydrogen-bond donors (Lipinski definition) is 0. The van der Waals surface area contributed by atoms with Crippen LogP contribution in [0, 0.1) is 0 Å². The van der Waals surface area contributed by atoms with Crippen molar-refractivity contribution >= 4 is 0 Å². The fraction of sp³-hybridized carbons (Fsp3) is 0.769. The molecule has 1 aliphatic heterocycles. The molecule has 1 fully saturated rings. The van der Waals surface area contributed by atoms with Gasteiger partial charge in [0.15, 0.2) is 0 Å². The Morgan fingerprint density at radius 3 is 2.94 bits per heavy atom. The number of nitrogens with zero attached hydrogens (tertiary/aromatic N) is 3. The van der Waals surface area contributed by atoms with E-state index in [9.17, 15) is 0 Å². The van der Waals surface area contributed by atoms with Crippen LogP contribution in [0.5, 0.6) is 0 Å². The molecule has 0 radical (unpaired) electrons. The highest BCUT2D eigenvalue weighted by atomic mass is 16.5. The van der Waals surface area contributed by atoms with Gasteiger partial charge in [0.1, 0.15) is 0 Å². The largest absolute Gasteiger partial charge is 0.375 e. The van der Waals surface area contributed by atoms with Gasteiger partial charge in [-0.05, 0) is 27.7 Å². The van der Waals surface area contributed by atoms with Crippen molar-refractivity contribution in [3.05, 3.63) is 18.0 Å². The number of aryl methyl sites for hydroxylation is 1. The van der Waals surface area contributed by atoms with Crippen LogP contribution in [0.1, 0.15) is 33.3 Å². The minimum absolute atomic E-state index is 0.112. The van der Waals surface area contributed by atoms with Gasteiger partial charge in [-0.2, -0.15) is 5.10 Å². The molecule has 0 amide bonds. The monoisotopic (exact) mass is 237 g/mol. The molecular weight excluding hydrogens is 214 g/mol. The van der Waals surface area contributed by atoms with Gasteiger partial charge in [0.25, 0.3) is 0 Å². The average Bonchev–Trinajstić information content (AvgIpc) is 2.72. The second kappa shape index (κ2) is 4.78. The average molecular weight is 237 g/mol. The zero-order chi connectivity index (χ0) is 12.5. The van der Waals surface area contributed by atoms with Crippen molar-refractivity contribution in [3.63, 3.8) is 0 Å². The predicted octanol–water partition coefficient (Wildman–Crippen LogP) is 1.90. The molecule has 4 heteroatoms. The van der Waals surface area contributed by atoms with Crippen LogP contribution < -0.4 is 0 Å². The molecule has 2 heterocycles. The lowest BCUT2D eigenvalue weighted by atomic mass is 10.0. The molecule has 2 rings (SSSR count). The third-order valence-corrected chi connectivity index (χ3v) is 3.44. The standard InChI is InChI=1S/C13H23N3O/c1-5-16-9-12(6-14-16)8-15-7-11(2)17-10-13(15,3)4/h6,9,11H,5,7-8,10H2,1-4H3/t11-/m1/s1. The second-order valence-electron chi connectivity index (χ2n) is 5.52.